The summed E-state index contributed by atoms with van der Waals surface area (Å²) in [7, 11) is 0. The minimum Gasteiger partial charge on any atom is -0.309 e. The van der Waals surface area contributed by atoms with Gasteiger partial charge in [-0.25, -0.2) is 0 Å². The molecule has 0 aliphatic heterocycles. The number of thiophene rings is 1. The van der Waals surface area contributed by atoms with E-state index in [0.717, 1.165) is 6.54 Å². The SMILES string of the molecule is CC(NCc1ccc(-c2ccccc2)s1)C(C)(C)C. The molecule has 2 rings (SSSR count). The molecule has 0 radical (unpaired) electrons. The number of hydrogen-bond donors (Lipinski definition) is 1. The number of nitrogens with one attached hydrogen (secondary N) is 1. The molecule has 2 aromatic rings. The Morgan fingerprint density at radius 3 is 2.37 bits per heavy atom. The summed E-state index contributed by atoms with van der Waals surface area (Å²) in [5, 5.41) is 3.61. The molecule has 1 nitrogen and oxygen atoms in total. The molecule has 0 saturated carbocycles. The van der Waals surface area contributed by atoms with Crippen molar-refractivity contribution in [2.45, 2.75) is 40.3 Å². The van der Waals surface area contributed by atoms with E-state index >= 15 is 0 Å². The molecule has 0 bridgehead atoms. The summed E-state index contributed by atoms with van der Waals surface area (Å²) in [4.78, 5) is 2.75. The van der Waals surface area contributed by atoms with Gasteiger partial charge in [-0.15, -0.1) is 11.3 Å². The lowest BCUT2D eigenvalue weighted by Crippen LogP contribution is -2.36. The van der Waals surface area contributed by atoms with Crippen LogP contribution in [0.15, 0.2) is 42.5 Å². The van der Waals surface area contributed by atoms with E-state index in [2.05, 4.69) is 75.5 Å². The summed E-state index contributed by atoms with van der Waals surface area (Å²) < 4.78 is 0. The van der Waals surface area contributed by atoms with Crippen molar-refractivity contribution in [3.05, 3.63) is 47.3 Å². The molecule has 0 saturated heterocycles. The van der Waals surface area contributed by atoms with Crippen LogP contribution in [0.4, 0.5) is 0 Å². The van der Waals surface area contributed by atoms with Gasteiger partial charge in [-0.05, 0) is 30.0 Å². The van der Waals surface area contributed by atoms with Gasteiger partial charge in [0.2, 0.25) is 0 Å². The zero-order valence-corrected chi connectivity index (χ0v) is 13.1. The molecule has 1 unspecified atom stereocenters. The second-order valence-electron chi connectivity index (χ2n) is 6.10. The smallest absolute Gasteiger partial charge is 0.0346 e. The van der Waals surface area contributed by atoms with E-state index in [9.17, 15) is 0 Å². The van der Waals surface area contributed by atoms with Crippen molar-refractivity contribution in [2.24, 2.45) is 5.41 Å². The third kappa shape index (κ3) is 3.92. The van der Waals surface area contributed by atoms with Crippen molar-refractivity contribution in [3.63, 3.8) is 0 Å². The van der Waals surface area contributed by atoms with Gasteiger partial charge in [0.25, 0.3) is 0 Å². The van der Waals surface area contributed by atoms with Crippen LogP contribution in [0.25, 0.3) is 10.4 Å². The van der Waals surface area contributed by atoms with Crippen LogP contribution in [0.1, 0.15) is 32.6 Å². The Hall–Kier alpha value is -1.12. The lowest BCUT2D eigenvalue weighted by molar-refractivity contribution is 0.286. The minimum atomic E-state index is 0.305. The highest BCUT2D eigenvalue weighted by molar-refractivity contribution is 7.15. The Morgan fingerprint density at radius 1 is 1.05 bits per heavy atom. The zero-order valence-electron chi connectivity index (χ0n) is 12.2. The number of rotatable bonds is 4. The third-order valence-corrected chi connectivity index (χ3v) is 4.74. The van der Waals surface area contributed by atoms with Gasteiger partial charge in [0, 0.05) is 22.3 Å². The molecular weight excluding hydrogens is 250 g/mol. The van der Waals surface area contributed by atoms with Gasteiger partial charge < -0.3 is 5.32 Å². The highest BCUT2D eigenvalue weighted by Crippen LogP contribution is 2.28. The maximum atomic E-state index is 3.61. The van der Waals surface area contributed by atoms with Crippen LogP contribution in [0, 0.1) is 5.41 Å². The average molecular weight is 273 g/mol. The largest absolute Gasteiger partial charge is 0.309 e. The lowest BCUT2D eigenvalue weighted by atomic mass is 9.88. The molecule has 0 aliphatic carbocycles. The predicted molar refractivity (Wildman–Crippen MR) is 85.5 cm³/mol. The Kier molecular flexibility index (Phi) is 4.43. The number of benzene rings is 1. The highest BCUT2D eigenvalue weighted by atomic mass is 32.1. The van der Waals surface area contributed by atoms with Crippen molar-refractivity contribution in [1.29, 1.82) is 0 Å². The quantitative estimate of drug-likeness (QED) is 0.832. The van der Waals surface area contributed by atoms with Crippen LogP contribution in [0.3, 0.4) is 0 Å². The van der Waals surface area contributed by atoms with Gasteiger partial charge in [-0.3, -0.25) is 0 Å². The molecule has 0 amide bonds. The first-order valence-electron chi connectivity index (χ1n) is 6.84. The fourth-order valence-corrected chi connectivity index (χ4v) is 2.75. The molecule has 1 N–H and O–H groups in total. The predicted octanol–water partition coefficient (Wildman–Crippen LogP) is 4.94. The lowest BCUT2D eigenvalue weighted by Gasteiger charge is -2.28. The van der Waals surface area contributed by atoms with Crippen LogP contribution < -0.4 is 5.32 Å². The highest BCUT2D eigenvalue weighted by Gasteiger charge is 2.19. The van der Waals surface area contributed by atoms with Crippen LogP contribution in [-0.4, -0.2) is 6.04 Å². The summed E-state index contributed by atoms with van der Waals surface area (Å²) in [6.45, 7) is 10.0. The summed E-state index contributed by atoms with van der Waals surface area (Å²) in [5.74, 6) is 0. The van der Waals surface area contributed by atoms with E-state index in [4.69, 9.17) is 0 Å². The van der Waals surface area contributed by atoms with Crippen LogP contribution in [0.5, 0.6) is 0 Å². The van der Waals surface area contributed by atoms with Gasteiger partial charge in [-0.2, -0.15) is 0 Å². The molecule has 0 fully saturated rings. The van der Waals surface area contributed by atoms with E-state index in [1.54, 1.807) is 0 Å². The maximum absolute atomic E-state index is 3.61. The molecule has 0 aliphatic rings. The normalized spacial score (nSPS) is 13.5. The third-order valence-electron chi connectivity index (χ3n) is 3.60. The Balaban J connectivity index is 1.99. The monoisotopic (exact) mass is 273 g/mol. The summed E-state index contributed by atoms with van der Waals surface area (Å²) in [6, 6.07) is 15.5. The van der Waals surface area contributed by atoms with Crippen molar-refractivity contribution >= 4 is 11.3 Å². The van der Waals surface area contributed by atoms with Crippen molar-refractivity contribution in [3.8, 4) is 10.4 Å². The van der Waals surface area contributed by atoms with Gasteiger partial charge in [-0.1, -0.05) is 51.1 Å². The number of hydrogen-bond acceptors (Lipinski definition) is 2. The first-order chi connectivity index (χ1) is 8.97. The van der Waals surface area contributed by atoms with Crippen molar-refractivity contribution < 1.29 is 0 Å². The molecule has 2 heteroatoms. The van der Waals surface area contributed by atoms with Crippen molar-refractivity contribution in [2.75, 3.05) is 0 Å². The van der Waals surface area contributed by atoms with Crippen molar-refractivity contribution in [1.82, 2.24) is 5.32 Å². The van der Waals surface area contributed by atoms with Crippen LogP contribution in [0.2, 0.25) is 0 Å². The minimum absolute atomic E-state index is 0.305. The molecule has 1 aromatic carbocycles. The van der Waals surface area contributed by atoms with Gasteiger partial charge in [0.1, 0.15) is 0 Å². The topological polar surface area (TPSA) is 12.0 Å². The van der Waals surface area contributed by atoms with Gasteiger partial charge in [0.05, 0.1) is 0 Å². The molecule has 1 aromatic heterocycles. The second kappa shape index (κ2) is 5.89. The molecule has 0 spiro atoms. The van der Waals surface area contributed by atoms with E-state index in [1.165, 1.54) is 15.3 Å². The fourth-order valence-electron chi connectivity index (χ4n) is 1.79. The Labute approximate surface area is 120 Å². The first kappa shape index (κ1) is 14.3. The second-order valence-corrected chi connectivity index (χ2v) is 7.27. The molecule has 1 atom stereocenters. The molecule has 19 heavy (non-hydrogen) atoms. The van der Waals surface area contributed by atoms with E-state index in [0.29, 0.717) is 11.5 Å². The van der Waals surface area contributed by atoms with Crippen LogP contribution in [-0.2, 0) is 6.54 Å². The molecule has 1 heterocycles. The maximum Gasteiger partial charge on any atom is 0.0346 e. The average Bonchev–Trinajstić information content (AvgIpc) is 2.84. The standard InChI is InChI=1S/C17H23NS/c1-13(17(2,3)4)18-12-15-10-11-16(19-15)14-8-6-5-7-9-14/h5-11,13,18H,12H2,1-4H3. The Bertz CT molecular complexity index is 508. The zero-order chi connectivity index (χ0) is 13.9. The van der Waals surface area contributed by atoms with E-state index < -0.39 is 0 Å². The van der Waals surface area contributed by atoms with Crippen LogP contribution >= 0.6 is 11.3 Å². The molecule has 102 valence electrons. The van der Waals surface area contributed by atoms with Gasteiger partial charge in [0.15, 0.2) is 0 Å². The first-order valence-corrected chi connectivity index (χ1v) is 7.66. The summed E-state index contributed by atoms with van der Waals surface area (Å²) >= 11 is 1.88. The van der Waals surface area contributed by atoms with E-state index in [1.807, 2.05) is 11.3 Å². The van der Waals surface area contributed by atoms with E-state index in [-0.39, 0.29) is 0 Å². The van der Waals surface area contributed by atoms with Gasteiger partial charge >= 0.3 is 0 Å². The summed E-state index contributed by atoms with van der Waals surface area (Å²) in [6.07, 6.45) is 0. The fraction of sp³-hybridized carbons (Fsp3) is 0.412. The molecular formula is C17H23NS. The Morgan fingerprint density at radius 2 is 1.74 bits per heavy atom. The summed E-state index contributed by atoms with van der Waals surface area (Å²) in [5.41, 5.74) is 1.61.